The summed E-state index contributed by atoms with van der Waals surface area (Å²) in [6.45, 7) is 6.90. The quantitative estimate of drug-likeness (QED) is 0.843. The van der Waals surface area contributed by atoms with Crippen LogP contribution in [0.15, 0.2) is 0 Å². The molecule has 0 aromatic heterocycles. The molecule has 2 saturated carbocycles. The third kappa shape index (κ3) is 4.00. The standard InChI is InChI=1S/C18H34N2O/c1-2-11-19-16-8-4-3-7-15(16)14-20-12-13-21-18-10-6-5-9-17(18)20/h15-19H,2-14H2,1H3. The minimum atomic E-state index is 0.540. The summed E-state index contributed by atoms with van der Waals surface area (Å²) in [4.78, 5) is 2.80. The highest BCUT2D eigenvalue weighted by atomic mass is 16.5. The minimum Gasteiger partial charge on any atom is -0.375 e. The molecule has 0 radical (unpaired) electrons. The summed E-state index contributed by atoms with van der Waals surface area (Å²) < 4.78 is 6.04. The van der Waals surface area contributed by atoms with Crippen LogP contribution in [0, 0.1) is 5.92 Å². The van der Waals surface area contributed by atoms with E-state index in [2.05, 4.69) is 17.1 Å². The third-order valence-electron chi connectivity index (χ3n) is 5.88. The highest BCUT2D eigenvalue weighted by Gasteiger charge is 2.36. The van der Waals surface area contributed by atoms with Gasteiger partial charge in [0, 0.05) is 25.2 Å². The zero-order chi connectivity index (χ0) is 14.5. The molecule has 0 spiro atoms. The Balaban J connectivity index is 1.57. The molecule has 4 atom stereocenters. The van der Waals surface area contributed by atoms with Crippen molar-refractivity contribution < 1.29 is 4.74 Å². The van der Waals surface area contributed by atoms with Crippen molar-refractivity contribution in [2.45, 2.75) is 82.9 Å². The lowest BCUT2D eigenvalue weighted by Gasteiger charge is -2.46. The van der Waals surface area contributed by atoms with Gasteiger partial charge >= 0.3 is 0 Å². The molecule has 3 nitrogen and oxygen atoms in total. The average Bonchev–Trinajstić information content (AvgIpc) is 2.54. The van der Waals surface area contributed by atoms with Crippen LogP contribution in [0.3, 0.4) is 0 Å². The van der Waals surface area contributed by atoms with Gasteiger partial charge in [0.1, 0.15) is 0 Å². The summed E-state index contributed by atoms with van der Waals surface area (Å²) in [5.74, 6) is 0.867. The van der Waals surface area contributed by atoms with Crippen molar-refractivity contribution in [3.63, 3.8) is 0 Å². The van der Waals surface area contributed by atoms with E-state index in [0.29, 0.717) is 6.10 Å². The number of ether oxygens (including phenoxy) is 1. The fraction of sp³-hybridized carbons (Fsp3) is 1.00. The fourth-order valence-corrected chi connectivity index (χ4v) is 4.73. The van der Waals surface area contributed by atoms with Gasteiger partial charge in [-0.25, -0.2) is 0 Å². The molecule has 0 aromatic rings. The fourth-order valence-electron chi connectivity index (χ4n) is 4.73. The molecule has 3 aliphatic rings. The second kappa shape index (κ2) is 7.94. The molecule has 1 heterocycles. The molecule has 3 heteroatoms. The molecule has 2 aliphatic carbocycles. The Hall–Kier alpha value is -0.120. The van der Waals surface area contributed by atoms with Gasteiger partial charge in [-0.1, -0.05) is 32.6 Å². The van der Waals surface area contributed by atoms with Gasteiger partial charge < -0.3 is 10.1 Å². The molecular formula is C18H34N2O. The Kier molecular flexibility index (Phi) is 5.96. The lowest BCUT2D eigenvalue weighted by Crippen LogP contribution is -2.55. The van der Waals surface area contributed by atoms with Crippen LogP contribution in [0.2, 0.25) is 0 Å². The van der Waals surface area contributed by atoms with Crippen molar-refractivity contribution in [3.8, 4) is 0 Å². The second-order valence-corrected chi connectivity index (χ2v) is 7.36. The summed E-state index contributed by atoms with van der Waals surface area (Å²) in [6.07, 6.45) is 12.9. The van der Waals surface area contributed by atoms with Gasteiger partial charge in [-0.2, -0.15) is 0 Å². The zero-order valence-corrected chi connectivity index (χ0v) is 13.9. The first-order valence-electron chi connectivity index (χ1n) is 9.47. The first-order chi connectivity index (χ1) is 10.4. The summed E-state index contributed by atoms with van der Waals surface area (Å²) in [7, 11) is 0. The predicted molar refractivity (Wildman–Crippen MR) is 87.6 cm³/mol. The van der Waals surface area contributed by atoms with Gasteiger partial charge in [0.25, 0.3) is 0 Å². The minimum absolute atomic E-state index is 0.540. The number of hydrogen-bond acceptors (Lipinski definition) is 3. The molecule has 3 fully saturated rings. The number of rotatable bonds is 5. The smallest absolute Gasteiger partial charge is 0.0730 e. The third-order valence-corrected chi connectivity index (χ3v) is 5.88. The summed E-state index contributed by atoms with van der Waals surface area (Å²) in [5.41, 5.74) is 0. The maximum atomic E-state index is 6.04. The van der Waals surface area contributed by atoms with E-state index in [9.17, 15) is 0 Å². The van der Waals surface area contributed by atoms with Crippen LogP contribution in [0.25, 0.3) is 0 Å². The Morgan fingerprint density at radius 1 is 1.05 bits per heavy atom. The Bertz CT molecular complexity index is 308. The molecule has 0 bridgehead atoms. The van der Waals surface area contributed by atoms with Crippen LogP contribution in [0.5, 0.6) is 0 Å². The lowest BCUT2D eigenvalue weighted by atomic mass is 9.82. The number of nitrogens with one attached hydrogen (secondary N) is 1. The second-order valence-electron chi connectivity index (χ2n) is 7.36. The SMILES string of the molecule is CCCNC1CCCCC1CN1CCOC2CCCCC21. The Labute approximate surface area is 130 Å². The monoisotopic (exact) mass is 294 g/mol. The van der Waals surface area contributed by atoms with E-state index in [1.807, 2.05) is 0 Å². The van der Waals surface area contributed by atoms with E-state index >= 15 is 0 Å². The number of fused-ring (bicyclic) bond motifs is 1. The molecule has 1 saturated heterocycles. The molecule has 21 heavy (non-hydrogen) atoms. The number of hydrogen-bond donors (Lipinski definition) is 1. The summed E-state index contributed by atoms with van der Waals surface area (Å²) in [6, 6.07) is 1.49. The van der Waals surface area contributed by atoms with Gasteiger partial charge in [0.05, 0.1) is 12.7 Å². The summed E-state index contributed by atoms with van der Waals surface area (Å²) >= 11 is 0. The highest BCUT2D eigenvalue weighted by Crippen LogP contribution is 2.31. The molecule has 0 amide bonds. The van der Waals surface area contributed by atoms with Crippen LogP contribution in [-0.2, 0) is 4.74 Å². The van der Waals surface area contributed by atoms with Gasteiger partial charge in [-0.3, -0.25) is 4.90 Å². The normalized spacial score (nSPS) is 38.1. The predicted octanol–water partition coefficient (Wildman–Crippen LogP) is 3.19. The van der Waals surface area contributed by atoms with Gasteiger partial charge in [-0.15, -0.1) is 0 Å². The molecular weight excluding hydrogens is 260 g/mol. The van der Waals surface area contributed by atoms with Crippen LogP contribution in [-0.4, -0.2) is 49.3 Å². The van der Waals surface area contributed by atoms with Gasteiger partial charge in [-0.05, 0) is 44.6 Å². The van der Waals surface area contributed by atoms with Crippen LogP contribution < -0.4 is 5.32 Å². The Morgan fingerprint density at radius 2 is 1.86 bits per heavy atom. The first-order valence-corrected chi connectivity index (χ1v) is 9.47. The van der Waals surface area contributed by atoms with Crippen molar-refractivity contribution in [3.05, 3.63) is 0 Å². The lowest BCUT2D eigenvalue weighted by molar-refractivity contribution is -0.0942. The van der Waals surface area contributed by atoms with E-state index in [-0.39, 0.29) is 0 Å². The molecule has 3 rings (SSSR count). The topological polar surface area (TPSA) is 24.5 Å². The van der Waals surface area contributed by atoms with Crippen molar-refractivity contribution in [1.29, 1.82) is 0 Å². The van der Waals surface area contributed by atoms with E-state index in [1.165, 1.54) is 70.9 Å². The van der Waals surface area contributed by atoms with Gasteiger partial charge in [0.2, 0.25) is 0 Å². The molecule has 4 unspecified atom stereocenters. The molecule has 122 valence electrons. The first kappa shape index (κ1) is 15.8. The van der Waals surface area contributed by atoms with E-state index < -0.39 is 0 Å². The molecule has 1 aliphatic heterocycles. The maximum absolute atomic E-state index is 6.04. The van der Waals surface area contributed by atoms with Gasteiger partial charge in [0.15, 0.2) is 0 Å². The molecule has 0 aromatic carbocycles. The van der Waals surface area contributed by atoms with E-state index in [0.717, 1.165) is 31.2 Å². The summed E-state index contributed by atoms with van der Waals surface area (Å²) in [5, 5.41) is 3.83. The zero-order valence-electron chi connectivity index (χ0n) is 13.9. The average molecular weight is 294 g/mol. The van der Waals surface area contributed by atoms with E-state index in [1.54, 1.807) is 0 Å². The van der Waals surface area contributed by atoms with Crippen molar-refractivity contribution in [2.75, 3.05) is 26.2 Å². The van der Waals surface area contributed by atoms with Crippen molar-refractivity contribution in [2.24, 2.45) is 5.92 Å². The van der Waals surface area contributed by atoms with Crippen LogP contribution in [0.1, 0.15) is 64.7 Å². The Morgan fingerprint density at radius 3 is 2.76 bits per heavy atom. The largest absolute Gasteiger partial charge is 0.375 e. The molecule has 1 N–H and O–H groups in total. The van der Waals surface area contributed by atoms with E-state index in [4.69, 9.17) is 4.74 Å². The van der Waals surface area contributed by atoms with Crippen molar-refractivity contribution in [1.82, 2.24) is 10.2 Å². The highest BCUT2D eigenvalue weighted by molar-refractivity contribution is 4.91. The van der Waals surface area contributed by atoms with Crippen LogP contribution >= 0.6 is 0 Å². The maximum Gasteiger partial charge on any atom is 0.0730 e. The number of nitrogens with zero attached hydrogens (tertiary/aromatic N) is 1. The van der Waals surface area contributed by atoms with Crippen molar-refractivity contribution >= 4 is 0 Å². The van der Waals surface area contributed by atoms with Crippen LogP contribution in [0.4, 0.5) is 0 Å². The number of morpholine rings is 1.